The molecule has 0 aromatic heterocycles. The smallest absolute Gasteiger partial charge is 0.244 e. The summed E-state index contributed by atoms with van der Waals surface area (Å²) in [7, 11) is -2.61. The quantitative estimate of drug-likeness (QED) is 0.437. The van der Waals surface area contributed by atoms with E-state index in [1.54, 1.807) is 23.1 Å². The van der Waals surface area contributed by atoms with Gasteiger partial charge in [-0.05, 0) is 54.3 Å². The molecule has 0 unspecified atom stereocenters. The predicted octanol–water partition coefficient (Wildman–Crippen LogP) is 2.97. The summed E-state index contributed by atoms with van der Waals surface area (Å²) in [4.78, 5) is 17.8. The summed E-state index contributed by atoms with van der Waals surface area (Å²) >= 11 is 0. The zero-order chi connectivity index (χ0) is 27.4. The number of piperazine rings is 1. The number of rotatable bonds is 9. The Morgan fingerprint density at radius 3 is 2.44 bits per heavy atom. The minimum Gasteiger partial charge on any atom is -0.495 e. The molecule has 2 aliphatic heterocycles. The van der Waals surface area contributed by atoms with Crippen LogP contribution in [0.5, 0.6) is 17.2 Å². The molecular weight excluding hydrogens is 518 g/mol. The fraction of sp³-hybridized carbons (Fsp3) is 0.345. The van der Waals surface area contributed by atoms with Crippen LogP contribution in [0, 0.1) is 6.92 Å². The lowest BCUT2D eigenvalue weighted by atomic mass is 10.1. The van der Waals surface area contributed by atoms with Crippen LogP contribution in [0.15, 0.2) is 71.6 Å². The van der Waals surface area contributed by atoms with Gasteiger partial charge in [-0.1, -0.05) is 42.5 Å². The third-order valence-electron chi connectivity index (χ3n) is 7.01. The van der Waals surface area contributed by atoms with E-state index in [2.05, 4.69) is 9.62 Å². The van der Waals surface area contributed by atoms with E-state index in [9.17, 15) is 13.2 Å². The number of fused-ring (bicyclic) bond motifs is 1. The van der Waals surface area contributed by atoms with Gasteiger partial charge in [0, 0.05) is 32.7 Å². The summed E-state index contributed by atoms with van der Waals surface area (Å²) in [5, 5.41) is 0. The van der Waals surface area contributed by atoms with Crippen LogP contribution in [0.2, 0.25) is 0 Å². The third kappa shape index (κ3) is 6.35. The Labute approximate surface area is 229 Å². The lowest BCUT2D eigenvalue weighted by molar-refractivity contribution is -0.134. The van der Waals surface area contributed by atoms with Crippen molar-refractivity contribution in [2.75, 3.05) is 40.1 Å². The lowest BCUT2D eigenvalue weighted by Crippen LogP contribution is -2.55. The van der Waals surface area contributed by atoms with Gasteiger partial charge in [-0.25, -0.2) is 8.42 Å². The summed E-state index contributed by atoms with van der Waals surface area (Å²) in [5.41, 5.74) is 2.76. The van der Waals surface area contributed by atoms with E-state index >= 15 is 0 Å². The fourth-order valence-corrected chi connectivity index (χ4v) is 6.36. The van der Waals surface area contributed by atoms with Crippen molar-refractivity contribution in [3.63, 3.8) is 0 Å². The van der Waals surface area contributed by atoms with Gasteiger partial charge in [-0.15, -0.1) is 0 Å². The Balaban J connectivity index is 1.29. The van der Waals surface area contributed by atoms with Gasteiger partial charge in [0.15, 0.2) is 11.5 Å². The number of ether oxygens (including phenoxy) is 3. The highest BCUT2D eigenvalue weighted by Gasteiger charge is 2.32. The number of hydrogen-bond acceptors (Lipinski definition) is 7. The molecule has 1 N–H and O–H groups in total. The van der Waals surface area contributed by atoms with Gasteiger partial charge in [-0.3, -0.25) is 9.69 Å². The number of nitrogens with one attached hydrogen (secondary N) is 1. The zero-order valence-corrected chi connectivity index (χ0v) is 22.9. The summed E-state index contributed by atoms with van der Waals surface area (Å²) in [6.45, 7) is 5.14. The minimum absolute atomic E-state index is 0.0180. The maximum absolute atomic E-state index is 13.7. The van der Waals surface area contributed by atoms with Gasteiger partial charge in [0.05, 0.1) is 7.11 Å². The van der Waals surface area contributed by atoms with E-state index in [4.69, 9.17) is 14.2 Å². The number of carbonyl (C=O) groups excluding carboxylic acids is 1. The summed E-state index contributed by atoms with van der Waals surface area (Å²) < 4.78 is 45.9. The average Bonchev–Trinajstić information content (AvgIpc) is 3.41. The van der Waals surface area contributed by atoms with E-state index in [1.165, 1.54) is 7.11 Å². The Hall–Kier alpha value is -3.60. The highest BCUT2D eigenvalue weighted by molar-refractivity contribution is 7.89. The maximum atomic E-state index is 13.7. The number of benzene rings is 3. The Kier molecular flexibility index (Phi) is 8.06. The molecule has 5 rings (SSSR count). The molecule has 10 heteroatoms. The number of hydrogen-bond donors (Lipinski definition) is 1. The summed E-state index contributed by atoms with van der Waals surface area (Å²) in [6, 6.07) is 19.4. The standard InChI is InChI=1S/C29H33N3O6S/c1-21-8-10-26(36-2)28(16-21)39(34,35)30-24(17-22-6-4-3-5-7-22)29(33)32-14-12-31(13-15-32)19-23-9-11-25-27(18-23)38-20-37-25/h3-11,16,18,24,30H,12-15,17,19-20H2,1-2H3/t24-/m1/s1. The molecule has 9 nitrogen and oxygen atoms in total. The molecular formula is C29H33N3O6S. The van der Waals surface area contributed by atoms with Crippen LogP contribution in [-0.4, -0.2) is 70.2 Å². The van der Waals surface area contributed by atoms with Crippen LogP contribution in [0.4, 0.5) is 0 Å². The van der Waals surface area contributed by atoms with E-state index in [0.717, 1.165) is 34.7 Å². The molecule has 0 bridgehead atoms. The van der Waals surface area contributed by atoms with Crippen molar-refractivity contribution < 1.29 is 27.4 Å². The maximum Gasteiger partial charge on any atom is 0.244 e. The van der Waals surface area contributed by atoms with Crippen molar-refractivity contribution in [3.05, 3.63) is 83.4 Å². The van der Waals surface area contributed by atoms with Gasteiger partial charge in [-0.2, -0.15) is 4.72 Å². The van der Waals surface area contributed by atoms with Crippen LogP contribution in [0.1, 0.15) is 16.7 Å². The van der Waals surface area contributed by atoms with Crippen LogP contribution in [-0.2, 0) is 27.8 Å². The molecule has 0 radical (unpaired) electrons. The van der Waals surface area contributed by atoms with Gasteiger partial charge in [0.1, 0.15) is 16.7 Å². The van der Waals surface area contributed by atoms with Gasteiger partial charge < -0.3 is 19.1 Å². The minimum atomic E-state index is -4.04. The molecule has 1 atom stereocenters. The van der Waals surface area contributed by atoms with Crippen molar-refractivity contribution in [3.8, 4) is 17.2 Å². The van der Waals surface area contributed by atoms with Crippen molar-refractivity contribution >= 4 is 15.9 Å². The van der Waals surface area contributed by atoms with E-state index in [0.29, 0.717) is 26.2 Å². The largest absolute Gasteiger partial charge is 0.495 e. The van der Waals surface area contributed by atoms with Crippen molar-refractivity contribution in [2.45, 2.75) is 30.8 Å². The normalized spacial score (nSPS) is 16.2. The van der Waals surface area contributed by atoms with Crippen LogP contribution in [0.25, 0.3) is 0 Å². The van der Waals surface area contributed by atoms with Gasteiger partial charge >= 0.3 is 0 Å². The number of amides is 1. The molecule has 0 saturated carbocycles. The Bertz CT molecular complexity index is 1420. The number of nitrogens with zero attached hydrogens (tertiary/aromatic N) is 2. The zero-order valence-electron chi connectivity index (χ0n) is 22.1. The van der Waals surface area contributed by atoms with Gasteiger partial charge in [0.2, 0.25) is 22.7 Å². The van der Waals surface area contributed by atoms with E-state index in [-0.39, 0.29) is 29.8 Å². The highest BCUT2D eigenvalue weighted by atomic mass is 32.2. The second-order valence-corrected chi connectivity index (χ2v) is 11.5. The van der Waals surface area contributed by atoms with Gasteiger partial charge in [0.25, 0.3) is 0 Å². The first-order valence-corrected chi connectivity index (χ1v) is 14.4. The van der Waals surface area contributed by atoms with Crippen molar-refractivity contribution in [1.29, 1.82) is 0 Å². The number of aryl methyl sites for hydroxylation is 1. The Morgan fingerprint density at radius 2 is 1.69 bits per heavy atom. The first-order chi connectivity index (χ1) is 18.8. The number of carbonyl (C=O) groups is 1. The average molecular weight is 552 g/mol. The SMILES string of the molecule is COc1ccc(C)cc1S(=O)(=O)N[C@H](Cc1ccccc1)C(=O)N1CCN(Cc2ccc3c(c2)OCO3)CC1. The molecule has 0 spiro atoms. The third-order valence-corrected chi connectivity index (χ3v) is 8.51. The second-order valence-electron chi connectivity index (χ2n) is 9.81. The van der Waals surface area contributed by atoms with Crippen LogP contribution < -0.4 is 18.9 Å². The monoisotopic (exact) mass is 551 g/mol. The molecule has 1 fully saturated rings. The lowest BCUT2D eigenvalue weighted by Gasteiger charge is -2.36. The first-order valence-electron chi connectivity index (χ1n) is 12.9. The molecule has 206 valence electrons. The first kappa shape index (κ1) is 27.0. The van der Waals surface area contributed by atoms with Crippen LogP contribution >= 0.6 is 0 Å². The van der Waals surface area contributed by atoms with Crippen LogP contribution in [0.3, 0.4) is 0 Å². The summed E-state index contributed by atoms with van der Waals surface area (Å²) in [6.07, 6.45) is 0.241. The molecule has 3 aromatic rings. The molecule has 2 aliphatic rings. The number of methoxy groups -OCH3 is 1. The molecule has 3 aromatic carbocycles. The van der Waals surface area contributed by atoms with Crippen molar-refractivity contribution in [1.82, 2.24) is 14.5 Å². The molecule has 39 heavy (non-hydrogen) atoms. The molecule has 1 saturated heterocycles. The van der Waals surface area contributed by atoms with E-state index < -0.39 is 16.1 Å². The molecule has 2 heterocycles. The second kappa shape index (κ2) is 11.6. The summed E-state index contributed by atoms with van der Waals surface area (Å²) in [5.74, 6) is 1.50. The molecule has 0 aliphatic carbocycles. The predicted molar refractivity (Wildman–Crippen MR) is 146 cm³/mol. The Morgan fingerprint density at radius 1 is 0.949 bits per heavy atom. The van der Waals surface area contributed by atoms with E-state index in [1.807, 2.05) is 55.5 Å². The highest BCUT2D eigenvalue weighted by Crippen LogP contribution is 2.33. The topological polar surface area (TPSA) is 97.4 Å². The molecule has 1 amide bonds. The number of sulfonamides is 1. The van der Waals surface area contributed by atoms with Crippen molar-refractivity contribution in [2.24, 2.45) is 0 Å². The fourth-order valence-electron chi connectivity index (χ4n) is 4.92.